The maximum Gasteiger partial charge on any atom is 0.303 e. The molecule has 0 radical (unpaired) electrons. The number of allylic oxidation sites excluding steroid dienone is 2. The van der Waals surface area contributed by atoms with Crippen LogP contribution >= 0.6 is 0 Å². The molecule has 4 atom stereocenters. The number of hydrogen-bond acceptors (Lipinski definition) is 3. The Labute approximate surface area is 164 Å². The highest BCUT2D eigenvalue weighted by Gasteiger charge is 2.35. The zero-order valence-corrected chi connectivity index (χ0v) is 17.2. The molecule has 3 N–H and O–H groups in total. The molecule has 27 heavy (non-hydrogen) atoms. The third kappa shape index (κ3) is 8.02. The number of aliphatic carboxylic acids is 1. The number of carboxylic acids is 1. The Morgan fingerprint density at radius 1 is 1.33 bits per heavy atom. The quantitative estimate of drug-likeness (QED) is 0.334. The highest BCUT2D eigenvalue weighted by molar-refractivity contribution is 5.66. The second-order valence-electron chi connectivity index (χ2n) is 8.53. The van der Waals surface area contributed by atoms with Crippen LogP contribution in [0.4, 0.5) is 0 Å². The molecular formula is C23H38O4. The molecule has 0 bridgehead atoms. The number of unbranched alkanes of at least 4 members (excludes halogenated alkanes) is 2. The van der Waals surface area contributed by atoms with Crippen LogP contribution in [0.25, 0.3) is 0 Å². The molecule has 0 heterocycles. The summed E-state index contributed by atoms with van der Waals surface area (Å²) in [5, 5.41) is 29.6. The molecule has 1 rings (SSSR count). The van der Waals surface area contributed by atoms with Crippen LogP contribution in [0.1, 0.15) is 72.1 Å². The summed E-state index contributed by atoms with van der Waals surface area (Å²) < 4.78 is 0. The van der Waals surface area contributed by atoms with Crippen LogP contribution in [-0.4, -0.2) is 33.5 Å². The van der Waals surface area contributed by atoms with Crippen LogP contribution in [-0.2, 0) is 4.79 Å². The Bertz CT molecular complexity index is 532. The molecule has 1 fully saturated rings. The highest BCUT2D eigenvalue weighted by Crippen LogP contribution is 2.40. The number of aliphatic hydroxyl groups is 2. The van der Waals surface area contributed by atoms with Gasteiger partial charge >= 0.3 is 5.97 Å². The molecule has 1 aliphatic rings. The Hall–Kier alpha value is -1.39. The zero-order valence-electron chi connectivity index (χ0n) is 17.2. The lowest BCUT2D eigenvalue weighted by molar-refractivity contribution is -0.137. The Morgan fingerprint density at radius 3 is 2.67 bits per heavy atom. The van der Waals surface area contributed by atoms with Crippen LogP contribution < -0.4 is 0 Å². The van der Waals surface area contributed by atoms with Gasteiger partial charge in [-0.15, -0.1) is 0 Å². The number of hydrogen-bond donors (Lipinski definition) is 3. The third-order valence-corrected chi connectivity index (χ3v) is 5.71. The van der Waals surface area contributed by atoms with E-state index in [2.05, 4.69) is 33.4 Å². The molecule has 4 heteroatoms. The summed E-state index contributed by atoms with van der Waals surface area (Å²) in [6.45, 7) is 10.4. The van der Waals surface area contributed by atoms with E-state index < -0.39 is 18.2 Å². The van der Waals surface area contributed by atoms with Crippen molar-refractivity contribution in [2.45, 2.75) is 84.3 Å². The fourth-order valence-corrected chi connectivity index (χ4v) is 3.69. The molecule has 0 aromatic heterocycles. The molecule has 0 saturated heterocycles. The molecule has 2 unspecified atom stereocenters. The SMILES string of the molecule is C=C1C[C@@H](O)C(/C=C/[C@@H](O)C(C)(C)CCCC)C1C/C=C\CCCC(=O)O. The summed E-state index contributed by atoms with van der Waals surface area (Å²) in [6, 6.07) is 0. The van der Waals surface area contributed by atoms with E-state index in [1.54, 1.807) is 0 Å². The van der Waals surface area contributed by atoms with Crippen molar-refractivity contribution >= 4 is 5.97 Å². The first-order chi connectivity index (χ1) is 12.7. The minimum atomic E-state index is -0.763. The summed E-state index contributed by atoms with van der Waals surface area (Å²) >= 11 is 0. The predicted molar refractivity (Wildman–Crippen MR) is 110 cm³/mol. The second-order valence-corrected chi connectivity index (χ2v) is 8.53. The van der Waals surface area contributed by atoms with Crippen LogP contribution in [0.3, 0.4) is 0 Å². The van der Waals surface area contributed by atoms with E-state index in [9.17, 15) is 15.0 Å². The summed E-state index contributed by atoms with van der Waals surface area (Å²) in [7, 11) is 0. The van der Waals surface area contributed by atoms with E-state index in [-0.39, 0.29) is 23.7 Å². The first-order valence-electron chi connectivity index (χ1n) is 10.3. The zero-order chi connectivity index (χ0) is 20.4. The average Bonchev–Trinajstić information content (AvgIpc) is 2.86. The second kappa shape index (κ2) is 11.5. The normalized spacial score (nSPS) is 24.9. The van der Waals surface area contributed by atoms with Gasteiger partial charge in [0.15, 0.2) is 0 Å². The molecule has 4 nitrogen and oxygen atoms in total. The van der Waals surface area contributed by atoms with E-state index in [1.165, 1.54) is 0 Å². The third-order valence-electron chi connectivity index (χ3n) is 5.71. The van der Waals surface area contributed by atoms with Crippen molar-refractivity contribution in [1.82, 2.24) is 0 Å². The Kier molecular flexibility index (Phi) is 10.0. The van der Waals surface area contributed by atoms with Gasteiger partial charge in [0.25, 0.3) is 0 Å². The summed E-state index contributed by atoms with van der Waals surface area (Å²) in [5.74, 6) is -0.628. The van der Waals surface area contributed by atoms with Crippen molar-refractivity contribution in [3.63, 3.8) is 0 Å². The molecule has 0 aromatic rings. The van der Waals surface area contributed by atoms with E-state index in [4.69, 9.17) is 5.11 Å². The molecule has 1 aliphatic carbocycles. The van der Waals surface area contributed by atoms with Gasteiger partial charge in [0, 0.05) is 12.3 Å². The molecule has 0 aromatic carbocycles. The largest absolute Gasteiger partial charge is 0.481 e. The maximum atomic E-state index is 10.6. The Morgan fingerprint density at radius 2 is 2.04 bits per heavy atom. The van der Waals surface area contributed by atoms with Gasteiger partial charge in [-0.1, -0.05) is 70.1 Å². The molecule has 0 amide bonds. The van der Waals surface area contributed by atoms with Crippen molar-refractivity contribution in [1.29, 1.82) is 0 Å². The minimum Gasteiger partial charge on any atom is -0.481 e. The van der Waals surface area contributed by atoms with Gasteiger partial charge in [-0.3, -0.25) is 4.79 Å². The van der Waals surface area contributed by atoms with Crippen molar-refractivity contribution in [3.05, 3.63) is 36.5 Å². The fraction of sp³-hybridized carbons (Fsp3) is 0.696. The molecule has 154 valence electrons. The number of carbonyl (C=O) groups is 1. The molecule has 0 spiro atoms. The van der Waals surface area contributed by atoms with Gasteiger partial charge in [0.1, 0.15) is 0 Å². The molecular weight excluding hydrogens is 340 g/mol. The van der Waals surface area contributed by atoms with Crippen LogP contribution in [0.15, 0.2) is 36.5 Å². The lowest BCUT2D eigenvalue weighted by Gasteiger charge is -2.29. The summed E-state index contributed by atoms with van der Waals surface area (Å²) in [4.78, 5) is 10.5. The summed E-state index contributed by atoms with van der Waals surface area (Å²) in [6.07, 6.45) is 13.1. The predicted octanol–water partition coefficient (Wildman–Crippen LogP) is 4.87. The van der Waals surface area contributed by atoms with Gasteiger partial charge in [-0.25, -0.2) is 0 Å². The van der Waals surface area contributed by atoms with Crippen LogP contribution in [0.5, 0.6) is 0 Å². The number of carboxylic acid groups (broad SMARTS) is 1. The Balaban J connectivity index is 2.63. The van der Waals surface area contributed by atoms with Crippen molar-refractivity contribution < 1.29 is 20.1 Å². The maximum absolute atomic E-state index is 10.6. The monoisotopic (exact) mass is 378 g/mol. The van der Waals surface area contributed by atoms with E-state index in [1.807, 2.05) is 18.2 Å². The van der Waals surface area contributed by atoms with E-state index in [0.29, 0.717) is 12.8 Å². The topological polar surface area (TPSA) is 77.8 Å². The van der Waals surface area contributed by atoms with E-state index in [0.717, 1.165) is 37.7 Å². The standard InChI is InChI=1S/C23H38O4/c1-5-6-15-23(3,4)21(25)14-13-19-18(17(2)16-20(19)24)11-9-7-8-10-12-22(26)27/h7,9,13-14,18-21,24-25H,2,5-6,8,10-12,15-16H2,1,3-4H3,(H,26,27)/b9-7-,14-13+/t18?,19?,20-,21-/m1/s1. The average molecular weight is 379 g/mol. The van der Waals surface area contributed by atoms with Gasteiger partial charge in [-0.05, 0) is 43.4 Å². The van der Waals surface area contributed by atoms with Gasteiger partial charge < -0.3 is 15.3 Å². The van der Waals surface area contributed by atoms with Crippen molar-refractivity contribution in [2.24, 2.45) is 17.3 Å². The molecule has 1 saturated carbocycles. The van der Waals surface area contributed by atoms with Gasteiger partial charge in [-0.2, -0.15) is 0 Å². The van der Waals surface area contributed by atoms with Crippen LogP contribution in [0, 0.1) is 17.3 Å². The lowest BCUT2D eigenvalue weighted by Crippen LogP contribution is -2.28. The smallest absolute Gasteiger partial charge is 0.303 e. The number of aliphatic hydroxyl groups excluding tert-OH is 2. The summed E-state index contributed by atoms with van der Waals surface area (Å²) in [5.41, 5.74) is 0.874. The van der Waals surface area contributed by atoms with Crippen molar-refractivity contribution in [3.8, 4) is 0 Å². The van der Waals surface area contributed by atoms with Crippen LogP contribution in [0.2, 0.25) is 0 Å². The molecule has 0 aliphatic heterocycles. The first-order valence-corrected chi connectivity index (χ1v) is 10.3. The van der Waals surface area contributed by atoms with Gasteiger partial charge in [0.05, 0.1) is 12.2 Å². The van der Waals surface area contributed by atoms with E-state index >= 15 is 0 Å². The fourth-order valence-electron chi connectivity index (χ4n) is 3.69. The lowest BCUT2D eigenvalue weighted by atomic mass is 9.80. The number of rotatable bonds is 12. The minimum absolute atomic E-state index is 0.0298. The first kappa shape index (κ1) is 23.6. The highest BCUT2D eigenvalue weighted by atomic mass is 16.4. The van der Waals surface area contributed by atoms with Gasteiger partial charge in [0.2, 0.25) is 0 Å². The van der Waals surface area contributed by atoms with Crippen molar-refractivity contribution in [2.75, 3.05) is 0 Å².